The second kappa shape index (κ2) is 6.76. The van der Waals surface area contributed by atoms with E-state index in [1.165, 1.54) is 11.3 Å². The van der Waals surface area contributed by atoms with Crippen molar-refractivity contribution < 1.29 is 4.74 Å². The first-order valence-corrected chi connectivity index (χ1v) is 6.85. The molecule has 100 valence electrons. The summed E-state index contributed by atoms with van der Waals surface area (Å²) in [7, 11) is 2.16. The van der Waals surface area contributed by atoms with Crippen molar-refractivity contribution in [2.75, 3.05) is 38.3 Å². The number of rotatable bonds is 5. The van der Waals surface area contributed by atoms with Crippen molar-refractivity contribution in [3.63, 3.8) is 0 Å². The van der Waals surface area contributed by atoms with Crippen molar-refractivity contribution in [2.24, 2.45) is 0 Å². The van der Waals surface area contributed by atoms with Gasteiger partial charge in [-0.25, -0.2) is 0 Å². The number of para-hydroxylation sites is 1. The highest BCUT2D eigenvalue weighted by atomic mass is 16.5. The highest BCUT2D eigenvalue weighted by molar-refractivity contribution is 5.52. The maximum Gasteiger partial charge on any atom is 0.0480 e. The molecule has 3 nitrogen and oxygen atoms in total. The Bertz CT molecular complexity index is 361. The van der Waals surface area contributed by atoms with Gasteiger partial charge >= 0.3 is 0 Å². The Labute approximate surface area is 110 Å². The topological polar surface area (TPSA) is 24.5 Å². The summed E-state index contributed by atoms with van der Waals surface area (Å²) in [5, 5.41) is 3.62. The molecule has 0 atom stereocenters. The van der Waals surface area contributed by atoms with E-state index in [-0.39, 0.29) is 0 Å². The molecule has 2 rings (SSSR count). The Hall–Kier alpha value is -1.06. The number of hydrogen-bond donors (Lipinski definition) is 1. The van der Waals surface area contributed by atoms with Crippen LogP contribution in [0.3, 0.4) is 0 Å². The molecule has 1 aromatic rings. The monoisotopic (exact) mass is 248 g/mol. The second-order valence-electron chi connectivity index (χ2n) is 5.05. The van der Waals surface area contributed by atoms with Crippen molar-refractivity contribution in [3.05, 3.63) is 29.8 Å². The summed E-state index contributed by atoms with van der Waals surface area (Å²) >= 11 is 0. The number of ether oxygens (including phenoxy) is 1. The van der Waals surface area contributed by atoms with Crippen LogP contribution in [0.15, 0.2) is 24.3 Å². The molecule has 1 aliphatic heterocycles. The largest absolute Gasteiger partial charge is 0.381 e. The zero-order valence-electron chi connectivity index (χ0n) is 11.5. The standard InChI is InChI=1S/C15H24N2O/c1-13-5-3-4-6-15(13)17(2)10-9-16-14-7-11-18-12-8-14/h3-6,14,16H,7-12H2,1-2H3. The van der Waals surface area contributed by atoms with Crippen molar-refractivity contribution >= 4 is 5.69 Å². The summed E-state index contributed by atoms with van der Waals surface area (Å²) < 4.78 is 5.36. The number of hydrogen-bond acceptors (Lipinski definition) is 3. The van der Waals surface area contributed by atoms with E-state index in [1.807, 2.05) is 0 Å². The lowest BCUT2D eigenvalue weighted by Crippen LogP contribution is -2.39. The van der Waals surface area contributed by atoms with E-state index in [4.69, 9.17) is 4.74 Å². The van der Waals surface area contributed by atoms with E-state index in [2.05, 4.69) is 48.5 Å². The van der Waals surface area contributed by atoms with Crippen LogP contribution >= 0.6 is 0 Å². The van der Waals surface area contributed by atoms with Gasteiger partial charge in [0.1, 0.15) is 0 Å². The summed E-state index contributed by atoms with van der Waals surface area (Å²) in [6, 6.07) is 9.18. The Kier molecular flexibility index (Phi) is 5.02. The van der Waals surface area contributed by atoms with Gasteiger partial charge in [0.25, 0.3) is 0 Å². The molecular formula is C15H24N2O. The predicted octanol–water partition coefficient (Wildman–Crippen LogP) is 2.20. The first kappa shape index (κ1) is 13.4. The van der Waals surface area contributed by atoms with Crippen LogP contribution in [0.5, 0.6) is 0 Å². The van der Waals surface area contributed by atoms with Crippen LogP contribution in [-0.4, -0.2) is 39.4 Å². The third-order valence-electron chi connectivity index (χ3n) is 3.63. The lowest BCUT2D eigenvalue weighted by atomic mass is 10.1. The molecule has 1 aliphatic rings. The molecular weight excluding hydrogens is 224 g/mol. The molecule has 0 aliphatic carbocycles. The Morgan fingerprint density at radius 2 is 2.00 bits per heavy atom. The molecule has 1 saturated heterocycles. The van der Waals surface area contributed by atoms with Gasteiger partial charge in [0.05, 0.1) is 0 Å². The average Bonchev–Trinajstić information content (AvgIpc) is 2.40. The summed E-state index contributed by atoms with van der Waals surface area (Å²) in [5.74, 6) is 0. The second-order valence-corrected chi connectivity index (χ2v) is 5.05. The Morgan fingerprint density at radius 1 is 1.28 bits per heavy atom. The molecule has 18 heavy (non-hydrogen) atoms. The molecule has 1 aromatic carbocycles. The molecule has 0 amide bonds. The quantitative estimate of drug-likeness (QED) is 0.864. The van der Waals surface area contributed by atoms with E-state index >= 15 is 0 Å². The molecule has 1 fully saturated rings. The molecule has 1 N–H and O–H groups in total. The van der Waals surface area contributed by atoms with Gasteiger partial charge in [0.2, 0.25) is 0 Å². The van der Waals surface area contributed by atoms with Crippen LogP contribution in [0.2, 0.25) is 0 Å². The van der Waals surface area contributed by atoms with E-state index in [0.29, 0.717) is 6.04 Å². The molecule has 3 heteroatoms. The molecule has 0 unspecified atom stereocenters. The zero-order chi connectivity index (χ0) is 12.8. The van der Waals surface area contributed by atoms with Gasteiger partial charge in [-0.05, 0) is 31.4 Å². The summed E-state index contributed by atoms with van der Waals surface area (Å²) in [4.78, 5) is 2.32. The third-order valence-corrected chi connectivity index (χ3v) is 3.63. The third kappa shape index (κ3) is 3.72. The number of anilines is 1. The van der Waals surface area contributed by atoms with Gasteiger partial charge in [-0.1, -0.05) is 18.2 Å². The van der Waals surface area contributed by atoms with Gasteiger partial charge < -0.3 is 15.0 Å². The van der Waals surface area contributed by atoms with Gasteiger partial charge in [-0.3, -0.25) is 0 Å². The van der Waals surface area contributed by atoms with E-state index < -0.39 is 0 Å². The summed E-state index contributed by atoms with van der Waals surface area (Å²) in [6.07, 6.45) is 2.29. The number of nitrogens with one attached hydrogen (secondary N) is 1. The minimum absolute atomic E-state index is 0.643. The number of aryl methyl sites for hydroxylation is 1. The maximum absolute atomic E-state index is 5.36. The van der Waals surface area contributed by atoms with Crippen LogP contribution < -0.4 is 10.2 Å². The average molecular weight is 248 g/mol. The minimum atomic E-state index is 0.643. The molecule has 0 spiro atoms. The van der Waals surface area contributed by atoms with E-state index in [9.17, 15) is 0 Å². The van der Waals surface area contributed by atoms with Gasteiger partial charge in [-0.15, -0.1) is 0 Å². The molecule has 1 heterocycles. The number of nitrogens with zero attached hydrogens (tertiary/aromatic N) is 1. The maximum atomic E-state index is 5.36. The van der Waals surface area contributed by atoms with Crippen molar-refractivity contribution in [1.29, 1.82) is 0 Å². The zero-order valence-corrected chi connectivity index (χ0v) is 11.5. The normalized spacial score (nSPS) is 16.8. The van der Waals surface area contributed by atoms with Crippen LogP contribution in [0.1, 0.15) is 18.4 Å². The van der Waals surface area contributed by atoms with Crippen LogP contribution in [0.4, 0.5) is 5.69 Å². The Morgan fingerprint density at radius 3 is 2.72 bits per heavy atom. The fourth-order valence-electron chi connectivity index (χ4n) is 2.45. The lowest BCUT2D eigenvalue weighted by molar-refractivity contribution is 0.0783. The molecule has 0 radical (unpaired) electrons. The van der Waals surface area contributed by atoms with E-state index in [1.54, 1.807) is 0 Å². The molecule has 0 saturated carbocycles. The smallest absolute Gasteiger partial charge is 0.0480 e. The van der Waals surface area contributed by atoms with Crippen LogP contribution in [0, 0.1) is 6.92 Å². The summed E-state index contributed by atoms with van der Waals surface area (Å²) in [6.45, 7) is 6.06. The minimum Gasteiger partial charge on any atom is -0.381 e. The fraction of sp³-hybridized carbons (Fsp3) is 0.600. The first-order valence-electron chi connectivity index (χ1n) is 6.85. The van der Waals surface area contributed by atoms with E-state index in [0.717, 1.165) is 39.1 Å². The highest BCUT2D eigenvalue weighted by Crippen LogP contribution is 2.17. The first-order chi connectivity index (χ1) is 8.77. The predicted molar refractivity (Wildman–Crippen MR) is 76.3 cm³/mol. The Balaban J connectivity index is 1.74. The lowest BCUT2D eigenvalue weighted by Gasteiger charge is -2.26. The van der Waals surface area contributed by atoms with Gasteiger partial charge in [-0.2, -0.15) is 0 Å². The number of benzene rings is 1. The van der Waals surface area contributed by atoms with Crippen LogP contribution in [-0.2, 0) is 4.74 Å². The van der Waals surface area contributed by atoms with Crippen molar-refractivity contribution in [1.82, 2.24) is 5.32 Å². The van der Waals surface area contributed by atoms with Gasteiger partial charge in [0, 0.05) is 45.1 Å². The van der Waals surface area contributed by atoms with Crippen molar-refractivity contribution in [3.8, 4) is 0 Å². The van der Waals surface area contributed by atoms with Gasteiger partial charge in [0.15, 0.2) is 0 Å². The highest BCUT2D eigenvalue weighted by Gasteiger charge is 2.12. The SMILES string of the molecule is Cc1ccccc1N(C)CCNC1CCOCC1. The fourth-order valence-corrected chi connectivity index (χ4v) is 2.45. The van der Waals surface area contributed by atoms with Crippen LogP contribution in [0.25, 0.3) is 0 Å². The number of likely N-dealkylation sites (N-methyl/N-ethyl adjacent to an activating group) is 1. The molecule has 0 bridgehead atoms. The summed E-state index contributed by atoms with van der Waals surface area (Å²) in [5.41, 5.74) is 2.66. The molecule has 0 aromatic heterocycles. The van der Waals surface area contributed by atoms with Crippen molar-refractivity contribution in [2.45, 2.75) is 25.8 Å².